The molecule has 0 bridgehead atoms. The second-order valence-corrected chi connectivity index (χ2v) is 6.92. The molecule has 0 N–H and O–H groups in total. The Bertz CT molecular complexity index is 1180. The van der Waals surface area contributed by atoms with E-state index in [-0.39, 0.29) is 23.1 Å². The Labute approximate surface area is 176 Å². The summed E-state index contributed by atoms with van der Waals surface area (Å²) in [5.74, 6) is -0.779. The van der Waals surface area contributed by atoms with Gasteiger partial charge < -0.3 is 4.74 Å². The van der Waals surface area contributed by atoms with Crippen molar-refractivity contribution >= 4 is 23.5 Å². The Morgan fingerprint density at radius 1 is 0.903 bits per heavy atom. The molecule has 0 saturated heterocycles. The summed E-state index contributed by atoms with van der Waals surface area (Å²) in [6.07, 6.45) is -3.09. The van der Waals surface area contributed by atoms with Crippen LogP contribution in [0.15, 0.2) is 78.5 Å². The van der Waals surface area contributed by atoms with Crippen molar-refractivity contribution < 1.29 is 27.5 Å². The first-order valence-corrected chi connectivity index (χ1v) is 9.35. The number of Topliss-reactive ketones (excluding diaryl/α,β-unsaturated/α-hetero) is 1. The lowest BCUT2D eigenvalue weighted by molar-refractivity contribution is -0.274. The van der Waals surface area contributed by atoms with Gasteiger partial charge in [0, 0.05) is 12.5 Å². The van der Waals surface area contributed by atoms with E-state index >= 15 is 0 Å². The number of alkyl halides is 3. The van der Waals surface area contributed by atoms with Crippen LogP contribution < -0.4 is 9.64 Å². The molecule has 0 aromatic heterocycles. The van der Waals surface area contributed by atoms with E-state index in [1.54, 1.807) is 54.6 Å². The van der Waals surface area contributed by atoms with Gasteiger partial charge in [-0.05, 0) is 47.0 Å². The number of para-hydroxylation sites is 1. The Morgan fingerprint density at radius 2 is 1.48 bits per heavy atom. The first kappa shape index (κ1) is 20.4. The van der Waals surface area contributed by atoms with Crippen LogP contribution >= 0.6 is 0 Å². The molecule has 0 radical (unpaired) electrons. The van der Waals surface area contributed by atoms with E-state index in [0.29, 0.717) is 22.4 Å². The predicted molar refractivity (Wildman–Crippen MR) is 110 cm³/mol. The highest BCUT2D eigenvalue weighted by Gasteiger charge is 2.34. The lowest BCUT2D eigenvalue weighted by Gasteiger charge is -2.16. The number of ketones is 1. The summed E-state index contributed by atoms with van der Waals surface area (Å²) < 4.78 is 40.8. The van der Waals surface area contributed by atoms with Crippen LogP contribution in [-0.2, 0) is 4.79 Å². The van der Waals surface area contributed by atoms with Crippen LogP contribution in [0, 0.1) is 0 Å². The van der Waals surface area contributed by atoms with Crippen molar-refractivity contribution in [2.45, 2.75) is 13.3 Å². The molecule has 3 aromatic rings. The molecule has 0 spiro atoms. The lowest BCUT2D eigenvalue weighted by Crippen LogP contribution is -2.25. The van der Waals surface area contributed by atoms with Crippen LogP contribution in [0.25, 0.3) is 17.2 Å². The molecule has 0 saturated carbocycles. The molecule has 0 fully saturated rings. The monoisotopic (exact) mass is 423 g/mol. The minimum absolute atomic E-state index is 0.227. The molecular weight excluding hydrogens is 407 g/mol. The number of allylic oxidation sites excluding steroid dienone is 1. The molecule has 0 unspecified atom stereocenters. The molecular formula is C24H16F3NO3. The van der Waals surface area contributed by atoms with E-state index in [4.69, 9.17) is 0 Å². The van der Waals surface area contributed by atoms with Gasteiger partial charge in [-0.25, -0.2) is 0 Å². The Kier molecular flexibility index (Phi) is 5.10. The van der Waals surface area contributed by atoms with Gasteiger partial charge in [-0.15, -0.1) is 13.2 Å². The van der Waals surface area contributed by atoms with Crippen LogP contribution in [-0.4, -0.2) is 18.1 Å². The first-order valence-electron chi connectivity index (χ1n) is 9.35. The number of carbonyl (C=O) groups excluding carboxylic acids is 2. The highest BCUT2D eigenvalue weighted by molar-refractivity contribution is 6.26. The van der Waals surface area contributed by atoms with E-state index in [1.807, 2.05) is 0 Å². The van der Waals surface area contributed by atoms with E-state index in [1.165, 1.54) is 36.1 Å². The van der Waals surface area contributed by atoms with Crippen LogP contribution in [0.2, 0.25) is 0 Å². The zero-order valence-electron chi connectivity index (χ0n) is 16.3. The third-order valence-electron chi connectivity index (χ3n) is 4.81. The first-order chi connectivity index (χ1) is 14.7. The normalized spacial score (nSPS) is 14.6. The van der Waals surface area contributed by atoms with Crippen LogP contribution in [0.1, 0.15) is 22.8 Å². The number of fused-ring (bicyclic) bond motifs is 1. The second kappa shape index (κ2) is 7.75. The van der Waals surface area contributed by atoms with E-state index < -0.39 is 6.36 Å². The number of hydrogen-bond donors (Lipinski definition) is 0. The number of nitrogens with zero attached hydrogens (tertiary/aromatic N) is 1. The molecule has 1 aliphatic heterocycles. The van der Waals surface area contributed by atoms with Gasteiger partial charge in [0.25, 0.3) is 0 Å². The standard InChI is InChI=1S/C24H16F3NO3/c1-15(29)28-21-5-3-2-4-20(21)23(30)22(28)14-16-6-8-17(9-7-16)18-10-12-19(13-11-18)31-24(25,26)27/h2-14H,1H3/b22-14+. The summed E-state index contributed by atoms with van der Waals surface area (Å²) in [6, 6.07) is 19.6. The maximum absolute atomic E-state index is 12.8. The number of carbonyl (C=O) groups is 2. The van der Waals surface area contributed by atoms with Crippen LogP contribution in [0.5, 0.6) is 5.75 Å². The average molecular weight is 423 g/mol. The third kappa shape index (κ3) is 4.21. The van der Waals surface area contributed by atoms with Gasteiger partial charge in [0.05, 0.1) is 11.4 Å². The fourth-order valence-corrected chi connectivity index (χ4v) is 3.48. The predicted octanol–water partition coefficient (Wildman–Crippen LogP) is 5.84. The van der Waals surface area contributed by atoms with Gasteiger partial charge in [0.15, 0.2) is 0 Å². The number of ether oxygens (including phenoxy) is 1. The highest BCUT2D eigenvalue weighted by atomic mass is 19.4. The number of amides is 1. The minimum Gasteiger partial charge on any atom is -0.406 e. The molecule has 0 atom stereocenters. The quantitative estimate of drug-likeness (QED) is 0.497. The van der Waals surface area contributed by atoms with Crippen molar-refractivity contribution in [1.29, 1.82) is 0 Å². The third-order valence-corrected chi connectivity index (χ3v) is 4.81. The smallest absolute Gasteiger partial charge is 0.406 e. The van der Waals surface area contributed by atoms with Gasteiger partial charge in [-0.1, -0.05) is 48.5 Å². The van der Waals surface area contributed by atoms with Crippen molar-refractivity contribution in [1.82, 2.24) is 0 Å². The van der Waals surface area contributed by atoms with Gasteiger partial charge in [-0.3, -0.25) is 14.5 Å². The average Bonchev–Trinajstić information content (AvgIpc) is 3.00. The molecule has 1 heterocycles. The molecule has 31 heavy (non-hydrogen) atoms. The van der Waals surface area contributed by atoms with Crippen LogP contribution in [0.3, 0.4) is 0 Å². The molecule has 1 aliphatic rings. The van der Waals surface area contributed by atoms with Gasteiger partial charge in [0.2, 0.25) is 11.7 Å². The maximum atomic E-state index is 12.8. The summed E-state index contributed by atoms with van der Waals surface area (Å²) in [4.78, 5) is 26.3. The van der Waals surface area contributed by atoms with Crippen molar-refractivity contribution in [2.24, 2.45) is 0 Å². The minimum atomic E-state index is -4.73. The molecule has 4 rings (SSSR count). The molecule has 3 aromatic carbocycles. The molecule has 7 heteroatoms. The van der Waals surface area contributed by atoms with E-state index in [2.05, 4.69) is 4.74 Å². The summed E-state index contributed by atoms with van der Waals surface area (Å²) >= 11 is 0. The zero-order chi connectivity index (χ0) is 22.2. The van der Waals surface area contributed by atoms with Gasteiger partial charge in [0.1, 0.15) is 5.75 Å². The van der Waals surface area contributed by atoms with Crippen LogP contribution in [0.4, 0.5) is 18.9 Å². The van der Waals surface area contributed by atoms with Crippen molar-refractivity contribution in [3.8, 4) is 16.9 Å². The maximum Gasteiger partial charge on any atom is 0.573 e. The molecule has 4 nitrogen and oxygen atoms in total. The van der Waals surface area contributed by atoms with E-state index in [9.17, 15) is 22.8 Å². The Morgan fingerprint density at radius 3 is 2.06 bits per heavy atom. The number of benzene rings is 3. The SMILES string of the molecule is CC(=O)N1/C(=C/c2ccc(-c3ccc(OC(F)(F)F)cc3)cc2)C(=O)c2ccccc21. The molecule has 0 aliphatic carbocycles. The highest BCUT2D eigenvalue weighted by Crippen LogP contribution is 2.35. The van der Waals surface area contributed by atoms with Crippen molar-refractivity contribution in [3.63, 3.8) is 0 Å². The lowest BCUT2D eigenvalue weighted by atomic mass is 10.0. The number of halogens is 3. The van der Waals surface area contributed by atoms with Crippen molar-refractivity contribution in [2.75, 3.05) is 4.90 Å². The second-order valence-electron chi connectivity index (χ2n) is 6.92. The zero-order valence-corrected chi connectivity index (χ0v) is 16.3. The largest absolute Gasteiger partial charge is 0.573 e. The topological polar surface area (TPSA) is 46.6 Å². The summed E-state index contributed by atoms with van der Waals surface area (Å²) in [5, 5.41) is 0. The number of anilines is 1. The summed E-state index contributed by atoms with van der Waals surface area (Å²) in [5.41, 5.74) is 3.51. The molecule has 156 valence electrons. The van der Waals surface area contributed by atoms with E-state index in [0.717, 1.165) is 5.56 Å². The summed E-state index contributed by atoms with van der Waals surface area (Å²) in [6.45, 7) is 1.40. The van der Waals surface area contributed by atoms with Gasteiger partial charge in [-0.2, -0.15) is 0 Å². The Hall–Kier alpha value is -3.87. The number of hydrogen-bond acceptors (Lipinski definition) is 3. The Balaban J connectivity index is 1.59. The molecule has 1 amide bonds. The fraction of sp³-hybridized carbons (Fsp3) is 0.0833. The fourth-order valence-electron chi connectivity index (χ4n) is 3.48. The van der Waals surface area contributed by atoms with Gasteiger partial charge >= 0.3 is 6.36 Å². The number of rotatable bonds is 3. The van der Waals surface area contributed by atoms with Crippen molar-refractivity contribution in [3.05, 3.63) is 89.6 Å². The summed E-state index contributed by atoms with van der Waals surface area (Å²) in [7, 11) is 0.